The Morgan fingerprint density at radius 2 is 1.48 bits per heavy atom. The van der Waals surface area contributed by atoms with Crippen molar-refractivity contribution in [2.45, 2.75) is 70.8 Å². The fourth-order valence-corrected chi connectivity index (χ4v) is 4.51. The zero-order valence-corrected chi connectivity index (χ0v) is 19.7. The van der Waals surface area contributed by atoms with Crippen molar-refractivity contribution in [3.63, 3.8) is 0 Å². The van der Waals surface area contributed by atoms with Crippen LogP contribution in [0.2, 0.25) is 0 Å². The molecule has 0 spiro atoms. The summed E-state index contributed by atoms with van der Waals surface area (Å²) >= 11 is 0. The van der Waals surface area contributed by atoms with Crippen molar-refractivity contribution in [3.05, 3.63) is 61.2 Å². The summed E-state index contributed by atoms with van der Waals surface area (Å²) in [6.07, 6.45) is 13.1. The van der Waals surface area contributed by atoms with Gasteiger partial charge >= 0.3 is 27.3 Å². The molecule has 0 N–H and O–H groups in total. The molecule has 0 aromatic heterocycles. The first-order valence-electron chi connectivity index (χ1n) is 9.72. The van der Waals surface area contributed by atoms with E-state index in [9.17, 15) is 8.42 Å². The zero-order valence-electron chi connectivity index (χ0n) is 17.8. The van der Waals surface area contributed by atoms with Gasteiger partial charge in [0.05, 0.1) is 0 Å². The fraction of sp³-hybridized carbons (Fsp3) is 0.619. The van der Waals surface area contributed by atoms with E-state index in [2.05, 4.69) is 9.43 Å². The van der Waals surface area contributed by atoms with Crippen LogP contribution in [0, 0.1) is 20.8 Å². The third-order valence-corrected chi connectivity index (χ3v) is 6.42. The summed E-state index contributed by atoms with van der Waals surface area (Å²) < 4.78 is 28.3. The Labute approximate surface area is 188 Å². The molecule has 1 aromatic carbocycles. The van der Waals surface area contributed by atoms with Gasteiger partial charge in [-0.25, -0.2) is 8.42 Å². The molecule has 0 unspecified atom stereocenters. The van der Waals surface area contributed by atoms with E-state index in [0.717, 1.165) is 12.0 Å². The SMILES string of the molecule is C1CCCC1.[CH3-].[CH3-].[Fe+2].[N-]=[N+]=NS(=O)(=O)N(CCC1CCCC1)Cc1ccccc1. The van der Waals surface area contributed by atoms with E-state index in [1.807, 2.05) is 30.3 Å². The largest absolute Gasteiger partial charge is 2.00 e. The van der Waals surface area contributed by atoms with Gasteiger partial charge in [-0.05, 0) is 23.4 Å². The van der Waals surface area contributed by atoms with Gasteiger partial charge in [-0.3, -0.25) is 0 Å². The molecule has 0 saturated heterocycles. The molecule has 2 aliphatic carbocycles. The fourth-order valence-electron chi connectivity index (χ4n) is 3.67. The Kier molecular flexibility index (Phi) is 17.4. The van der Waals surface area contributed by atoms with Crippen molar-refractivity contribution in [1.82, 2.24) is 4.31 Å². The first kappa shape index (κ1) is 30.2. The Balaban J connectivity index is 0. The maximum absolute atomic E-state index is 12.0. The predicted molar refractivity (Wildman–Crippen MR) is 117 cm³/mol. The average Bonchev–Trinajstić information content (AvgIpc) is 3.35. The van der Waals surface area contributed by atoms with Crippen LogP contribution < -0.4 is 0 Å². The summed E-state index contributed by atoms with van der Waals surface area (Å²) in [5.41, 5.74) is 9.34. The molecule has 166 valence electrons. The number of nitrogens with zero attached hydrogens (tertiary/aromatic N) is 4. The standard InChI is InChI=1S/C14H20N4O2S.C5H10.2CH3.Fe/c15-16-17-21(19,20)18(11-10-13-6-4-5-7-13)12-14-8-2-1-3-9-14;1-2-4-5-3-1;;;/h1-3,8-9,13H,4-7,10-12H2;1-5H2;2*1H3;/q;;2*-1;+2. The normalized spacial score (nSPS) is 15.8. The Hall–Kier alpha value is -1.04. The summed E-state index contributed by atoms with van der Waals surface area (Å²) in [5, 5.41) is 0. The van der Waals surface area contributed by atoms with E-state index in [-0.39, 0.29) is 38.5 Å². The third-order valence-electron chi connectivity index (χ3n) is 5.18. The van der Waals surface area contributed by atoms with Crippen molar-refractivity contribution in [3.8, 4) is 0 Å². The molecule has 29 heavy (non-hydrogen) atoms. The molecule has 1 aromatic rings. The van der Waals surface area contributed by atoms with Crippen LogP contribution in [-0.4, -0.2) is 19.3 Å². The minimum Gasteiger partial charge on any atom is -0.358 e. The van der Waals surface area contributed by atoms with Gasteiger partial charge in [0.25, 0.3) is 0 Å². The molecule has 2 saturated carbocycles. The van der Waals surface area contributed by atoms with Crippen LogP contribution >= 0.6 is 0 Å². The smallest absolute Gasteiger partial charge is 0.358 e. The molecule has 8 heteroatoms. The first-order valence-corrected chi connectivity index (χ1v) is 11.1. The molecule has 0 amide bonds. The Bertz CT molecular complexity index is 662. The second-order valence-corrected chi connectivity index (χ2v) is 8.75. The molecule has 0 atom stereocenters. The summed E-state index contributed by atoms with van der Waals surface area (Å²) in [5.74, 6) is 0.588. The van der Waals surface area contributed by atoms with Gasteiger partial charge in [0.1, 0.15) is 0 Å². The van der Waals surface area contributed by atoms with Gasteiger partial charge in [-0.2, -0.15) is 4.31 Å². The van der Waals surface area contributed by atoms with Crippen LogP contribution in [-0.2, 0) is 33.8 Å². The first-order chi connectivity index (χ1) is 12.6. The molecule has 3 rings (SSSR count). The summed E-state index contributed by atoms with van der Waals surface area (Å²) in [7, 11) is -3.92. The van der Waals surface area contributed by atoms with Crippen LogP contribution in [0.15, 0.2) is 34.9 Å². The van der Waals surface area contributed by atoms with Crippen LogP contribution in [0.1, 0.15) is 69.8 Å². The quantitative estimate of drug-likeness (QED) is 0.152. The van der Waals surface area contributed by atoms with Crippen molar-refractivity contribution in [2.24, 2.45) is 10.4 Å². The third kappa shape index (κ3) is 11.7. The van der Waals surface area contributed by atoms with E-state index in [4.69, 9.17) is 5.53 Å². The topological polar surface area (TPSA) is 86.1 Å². The van der Waals surface area contributed by atoms with E-state index in [1.54, 1.807) is 0 Å². The van der Waals surface area contributed by atoms with Crippen molar-refractivity contribution in [2.75, 3.05) is 6.54 Å². The second-order valence-electron chi connectivity index (χ2n) is 7.17. The minimum atomic E-state index is -3.92. The zero-order chi connectivity index (χ0) is 18.7. The number of azide groups is 1. The van der Waals surface area contributed by atoms with Gasteiger partial charge in [-0.1, -0.05) is 88.1 Å². The average molecular weight is 464 g/mol. The second kappa shape index (κ2) is 16.7. The Morgan fingerprint density at radius 3 is 1.97 bits per heavy atom. The number of hydrogen-bond acceptors (Lipinski definition) is 2. The predicted octanol–water partition coefficient (Wildman–Crippen LogP) is 6.47. The van der Waals surface area contributed by atoms with Gasteiger partial charge in [0.2, 0.25) is 0 Å². The van der Waals surface area contributed by atoms with E-state index in [0.29, 0.717) is 12.5 Å². The van der Waals surface area contributed by atoms with E-state index in [1.165, 1.54) is 62.1 Å². The summed E-state index contributed by atoms with van der Waals surface area (Å²) in [4.78, 5) is 2.45. The summed E-state index contributed by atoms with van der Waals surface area (Å²) in [6, 6.07) is 9.35. The Morgan fingerprint density at radius 1 is 0.966 bits per heavy atom. The number of rotatable bonds is 7. The van der Waals surface area contributed by atoms with Crippen LogP contribution in [0.25, 0.3) is 10.4 Å². The number of hydrogen-bond donors (Lipinski definition) is 0. The maximum Gasteiger partial charge on any atom is 2.00 e. The van der Waals surface area contributed by atoms with Crippen LogP contribution in [0.4, 0.5) is 0 Å². The molecule has 2 aliphatic rings. The van der Waals surface area contributed by atoms with E-state index < -0.39 is 10.2 Å². The molecular formula is C21H36FeN4O2S. The van der Waals surface area contributed by atoms with Crippen LogP contribution in [0.5, 0.6) is 0 Å². The molecule has 2 fully saturated rings. The van der Waals surface area contributed by atoms with Crippen molar-refractivity contribution in [1.29, 1.82) is 0 Å². The molecule has 0 bridgehead atoms. The van der Waals surface area contributed by atoms with Gasteiger partial charge in [0, 0.05) is 22.5 Å². The van der Waals surface area contributed by atoms with Crippen molar-refractivity contribution < 1.29 is 25.5 Å². The monoisotopic (exact) mass is 464 g/mol. The molecule has 0 heterocycles. The number of benzene rings is 1. The van der Waals surface area contributed by atoms with Gasteiger partial charge in [-0.15, -0.1) is 0 Å². The minimum absolute atomic E-state index is 0. The molecule has 0 radical (unpaired) electrons. The van der Waals surface area contributed by atoms with Gasteiger partial charge in [0.15, 0.2) is 0 Å². The summed E-state index contributed by atoms with van der Waals surface area (Å²) in [6.45, 7) is 0.649. The maximum atomic E-state index is 12.0. The van der Waals surface area contributed by atoms with E-state index >= 15 is 0 Å². The molecular weight excluding hydrogens is 428 g/mol. The van der Waals surface area contributed by atoms with Crippen LogP contribution in [0.3, 0.4) is 0 Å². The van der Waals surface area contributed by atoms with Gasteiger partial charge < -0.3 is 14.9 Å². The molecule has 6 nitrogen and oxygen atoms in total. The molecule has 0 aliphatic heterocycles. The van der Waals surface area contributed by atoms with Crippen molar-refractivity contribution >= 4 is 10.2 Å².